The summed E-state index contributed by atoms with van der Waals surface area (Å²) in [5.41, 5.74) is 2.24. The Morgan fingerprint density at radius 3 is 3.00 bits per heavy atom. The Hall–Kier alpha value is -1.17. The van der Waals surface area contributed by atoms with Crippen LogP contribution >= 0.6 is 15.9 Å². The van der Waals surface area contributed by atoms with Crippen LogP contribution in [0.4, 0.5) is 0 Å². The van der Waals surface area contributed by atoms with Crippen LogP contribution in [0, 0.1) is 6.92 Å². The van der Waals surface area contributed by atoms with Gasteiger partial charge in [0.2, 0.25) is 0 Å². The van der Waals surface area contributed by atoms with Gasteiger partial charge in [0.15, 0.2) is 11.7 Å². The summed E-state index contributed by atoms with van der Waals surface area (Å²) in [6, 6.07) is 6.07. The van der Waals surface area contributed by atoms with Gasteiger partial charge in [-0.25, -0.2) is 4.98 Å². The lowest BCUT2D eigenvalue weighted by Gasteiger charge is -2.04. The van der Waals surface area contributed by atoms with E-state index in [0.717, 1.165) is 46.8 Å². The van der Waals surface area contributed by atoms with Gasteiger partial charge in [-0.05, 0) is 18.6 Å². The Morgan fingerprint density at radius 2 is 2.20 bits per heavy atom. The molecule has 0 aliphatic carbocycles. The molecule has 108 valence electrons. The van der Waals surface area contributed by atoms with E-state index in [1.165, 1.54) is 0 Å². The van der Waals surface area contributed by atoms with Crippen molar-refractivity contribution in [2.45, 2.75) is 13.3 Å². The number of ether oxygens (including phenoxy) is 1. The van der Waals surface area contributed by atoms with Gasteiger partial charge in [-0.3, -0.25) is 0 Å². The first kappa shape index (κ1) is 15.2. The van der Waals surface area contributed by atoms with E-state index in [1.54, 1.807) is 13.3 Å². The van der Waals surface area contributed by atoms with Crippen LogP contribution in [-0.4, -0.2) is 31.8 Å². The van der Waals surface area contributed by atoms with Crippen LogP contribution in [0.5, 0.6) is 0 Å². The molecule has 0 bridgehead atoms. The predicted molar refractivity (Wildman–Crippen MR) is 82.8 cm³/mol. The molecule has 1 N–H and O–H groups in total. The van der Waals surface area contributed by atoms with E-state index in [1.807, 2.05) is 18.2 Å². The van der Waals surface area contributed by atoms with Crippen LogP contribution in [-0.2, 0) is 11.2 Å². The lowest BCUT2D eigenvalue weighted by Crippen LogP contribution is -2.21. The van der Waals surface area contributed by atoms with Gasteiger partial charge in [0.1, 0.15) is 0 Å². The van der Waals surface area contributed by atoms with E-state index in [0.29, 0.717) is 6.61 Å². The highest BCUT2D eigenvalue weighted by molar-refractivity contribution is 9.10. The van der Waals surface area contributed by atoms with Crippen molar-refractivity contribution in [2.24, 2.45) is 0 Å². The topological polar surface area (TPSA) is 47.3 Å². The highest BCUT2D eigenvalue weighted by atomic mass is 79.9. The molecule has 0 radical (unpaired) electrons. The number of halogens is 1. The molecule has 0 saturated carbocycles. The molecule has 1 heterocycles. The Labute approximate surface area is 127 Å². The normalized spacial score (nSPS) is 10.9. The maximum Gasteiger partial charge on any atom is 0.196 e. The van der Waals surface area contributed by atoms with Crippen LogP contribution in [0.1, 0.15) is 11.5 Å². The standard InChI is InChI=1S/C15H19BrN2O2/c1-11-12(4-3-5-13(11)16)14-10-18-15(20-14)6-7-17-8-9-19-2/h3-5,10,17H,6-9H2,1-2H3. The summed E-state index contributed by atoms with van der Waals surface area (Å²) in [7, 11) is 1.70. The van der Waals surface area contributed by atoms with Gasteiger partial charge in [0, 0.05) is 36.7 Å². The maximum absolute atomic E-state index is 5.81. The highest BCUT2D eigenvalue weighted by Crippen LogP contribution is 2.28. The first-order chi connectivity index (χ1) is 9.72. The van der Waals surface area contributed by atoms with Crippen molar-refractivity contribution >= 4 is 15.9 Å². The second-order valence-corrected chi connectivity index (χ2v) is 5.38. The highest BCUT2D eigenvalue weighted by Gasteiger charge is 2.10. The monoisotopic (exact) mass is 338 g/mol. The lowest BCUT2D eigenvalue weighted by atomic mass is 10.1. The number of aromatic nitrogens is 1. The average Bonchev–Trinajstić information content (AvgIpc) is 2.90. The number of oxazole rings is 1. The minimum Gasteiger partial charge on any atom is -0.441 e. The first-order valence-electron chi connectivity index (χ1n) is 6.62. The number of nitrogens with zero attached hydrogens (tertiary/aromatic N) is 1. The van der Waals surface area contributed by atoms with Gasteiger partial charge in [-0.1, -0.05) is 28.1 Å². The largest absolute Gasteiger partial charge is 0.441 e. The van der Waals surface area contributed by atoms with Crippen molar-refractivity contribution in [2.75, 3.05) is 26.8 Å². The van der Waals surface area contributed by atoms with Crippen molar-refractivity contribution < 1.29 is 9.15 Å². The molecule has 1 aromatic heterocycles. The fourth-order valence-corrected chi connectivity index (χ4v) is 2.29. The van der Waals surface area contributed by atoms with Crippen molar-refractivity contribution in [3.05, 3.63) is 40.3 Å². The quantitative estimate of drug-likeness (QED) is 0.787. The molecule has 0 fully saturated rings. The van der Waals surface area contributed by atoms with Gasteiger partial charge in [-0.2, -0.15) is 0 Å². The third-order valence-electron chi connectivity index (χ3n) is 3.09. The van der Waals surface area contributed by atoms with E-state index in [9.17, 15) is 0 Å². The summed E-state index contributed by atoms with van der Waals surface area (Å²) < 4.78 is 11.9. The van der Waals surface area contributed by atoms with Gasteiger partial charge in [0.05, 0.1) is 12.8 Å². The third kappa shape index (κ3) is 3.91. The van der Waals surface area contributed by atoms with Crippen LogP contribution < -0.4 is 5.32 Å². The molecule has 0 aliphatic rings. The number of rotatable bonds is 7. The maximum atomic E-state index is 5.81. The van der Waals surface area contributed by atoms with Crippen molar-refractivity contribution in [1.29, 1.82) is 0 Å². The molecule has 2 rings (SSSR count). The smallest absolute Gasteiger partial charge is 0.196 e. The van der Waals surface area contributed by atoms with Crippen LogP contribution in [0.3, 0.4) is 0 Å². The van der Waals surface area contributed by atoms with E-state index >= 15 is 0 Å². The van der Waals surface area contributed by atoms with Crippen LogP contribution in [0.25, 0.3) is 11.3 Å². The molecule has 0 unspecified atom stereocenters. The Morgan fingerprint density at radius 1 is 1.35 bits per heavy atom. The van der Waals surface area contributed by atoms with Crippen molar-refractivity contribution in [3.8, 4) is 11.3 Å². The second-order valence-electron chi connectivity index (χ2n) is 4.52. The fourth-order valence-electron chi connectivity index (χ4n) is 1.92. The molecule has 0 amide bonds. The Balaban J connectivity index is 1.97. The zero-order valence-corrected chi connectivity index (χ0v) is 13.4. The third-order valence-corrected chi connectivity index (χ3v) is 3.94. The van der Waals surface area contributed by atoms with Gasteiger partial charge in [-0.15, -0.1) is 0 Å². The minimum atomic E-state index is 0.716. The zero-order chi connectivity index (χ0) is 14.4. The van der Waals surface area contributed by atoms with Gasteiger partial charge < -0.3 is 14.5 Å². The fraction of sp³-hybridized carbons (Fsp3) is 0.400. The summed E-state index contributed by atoms with van der Waals surface area (Å²) in [5, 5.41) is 3.27. The summed E-state index contributed by atoms with van der Waals surface area (Å²) in [4.78, 5) is 4.33. The summed E-state index contributed by atoms with van der Waals surface area (Å²) in [5.74, 6) is 1.57. The molecular formula is C15H19BrN2O2. The Bertz CT molecular complexity index is 555. The van der Waals surface area contributed by atoms with E-state index in [4.69, 9.17) is 9.15 Å². The summed E-state index contributed by atoms with van der Waals surface area (Å²) >= 11 is 3.53. The molecule has 2 aromatic rings. The average molecular weight is 339 g/mol. The second kappa shape index (κ2) is 7.57. The number of methoxy groups -OCH3 is 1. The van der Waals surface area contributed by atoms with Gasteiger partial charge in [0.25, 0.3) is 0 Å². The molecule has 0 atom stereocenters. The Kier molecular flexibility index (Phi) is 5.76. The molecule has 20 heavy (non-hydrogen) atoms. The van der Waals surface area contributed by atoms with E-state index < -0.39 is 0 Å². The molecular weight excluding hydrogens is 320 g/mol. The SMILES string of the molecule is COCCNCCc1ncc(-c2cccc(Br)c2C)o1. The summed E-state index contributed by atoms with van der Waals surface area (Å²) in [6.45, 7) is 4.46. The number of hydrogen-bond acceptors (Lipinski definition) is 4. The van der Waals surface area contributed by atoms with Crippen LogP contribution in [0.2, 0.25) is 0 Å². The summed E-state index contributed by atoms with van der Waals surface area (Å²) in [6.07, 6.45) is 2.57. The van der Waals surface area contributed by atoms with Crippen molar-refractivity contribution in [3.63, 3.8) is 0 Å². The molecule has 4 nitrogen and oxygen atoms in total. The number of benzene rings is 1. The predicted octanol–water partition coefficient (Wildman–Crippen LogP) is 3.19. The van der Waals surface area contributed by atoms with Gasteiger partial charge >= 0.3 is 0 Å². The minimum absolute atomic E-state index is 0.716. The first-order valence-corrected chi connectivity index (χ1v) is 7.41. The van der Waals surface area contributed by atoms with Crippen LogP contribution in [0.15, 0.2) is 33.3 Å². The number of hydrogen-bond donors (Lipinski definition) is 1. The lowest BCUT2D eigenvalue weighted by molar-refractivity contribution is 0.199. The molecule has 0 spiro atoms. The molecule has 1 aromatic carbocycles. The van der Waals surface area contributed by atoms with E-state index in [2.05, 4.69) is 33.2 Å². The van der Waals surface area contributed by atoms with E-state index in [-0.39, 0.29) is 0 Å². The molecule has 0 aliphatic heterocycles. The van der Waals surface area contributed by atoms with Crippen molar-refractivity contribution in [1.82, 2.24) is 10.3 Å². The molecule has 0 saturated heterocycles. The number of nitrogens with one attached hydrogen (secondary N) is 1. The molecule has 5 heteroatoms. The zero-order valence-electron chi connectivity index (χ0n) is 11.8.